The van der Waals surface area contributed by atoms with Gasteiger partial charge in [0.1, 0.15) is 0 Å². The van der Waals surface area contributed by atoms with E-state index >= 15 is 0 Å². The molecule has 2 unspecified atom stereocenters. The number of hydrogen-bond donors (Lipinski definition) is 0. The highest BCUT2D eigenvalue weighted by Crippen LogP contribution is 2.57. The second-order valence-corrected chi connectivity index (χ2v) is 7.60. The minimum Gasteiger partial charge on any atom is -0.312 e. The fourth-order valence-electron chi connectivity index (χ4n) is 4.29. The van der Waals surface area contributed by atoms with Crippen molar-refractivity contribution in [2.24, 2.45) is 11.8 Å². The van der Waals surface area contributed by atoms with Crippen LogP contribution in [0.15, 0.2) is 18.2 Å². The van der Waals surface area contributed by atoms with Gasteiger partial charge in [0.2, 0.25) is 5.91 Å². The van der Waals surface area contributed by atoms with Gasteiger partial charge in [-0.3, -0.25) is 4.79 Å². The molecule has 3 nitrogen and oxygen atoms in total. The average Bonchev–Trinajstić information content (AvgIpc) is 3.37. The number of anilines is 1. The molecule has 0 aromatic heterocycles. The van der Waals surface area contributed by atoms with Crippen LogP contribution < -0.4 is 4.90 Å². The number of nitrogens with zero attached hydrogens (tertiary/aromatic N) is 2. The molecule has 5 rings (SSSR count). The molecule has 1 heterocycles. The zero-order valence-electron chi connectivity index (χ0n) is 12.7. The Morgan fingerprint density at radius 1 is 1.32 bits per heavy atom. The van der Waals surface area contributed by atoms with Crippen LogP contribution in [0.2, 0.25) is 0 Å². The zero-order valence-corrected chi connectivity index (χ0v) is 12.7. The smallest absolute Gasteiger partial charge is 0.257 e. The molecule has 1 aliphatic heterocycles. The molecule has 1 aromatic carbocycles. The van der Waals surface area contributed by atoms with Crippen molar-refractivity contribution in [3.05, 3.63) is 40.7 Å². The summed E-state index contributed by atoms with van der Waals surface area (Å²) >= 11 is 0. The van der Waals surface area contributed by atoms with Crippen molar-refractivity contribution < 1.29 is 4.79 Å². The number of carbonyl (C=O) groups excluding carboxylic acids is 1. The molecule has 0 N–H and O–H groups in total. The third-order valence-electron chi connectivity index (χ3n) is 6.18. The van der Waals surface area contributed by atoms with Gasteiger partial charge in [0.15, 0.2) is 0 Å². The highest BCUT2D eigenvalue weighted by Gasteiger charge is 2.50. The standard InChI is InChI=1S/C19H20N2O/c1-20-19(7-2-8-19)14-5-6-17-16(10-14)15-9-13(15)11-21(17)18(22)12-3-4-12/h5-6,10,12-13,15H,2-4,7-9,11H2. The van der Waals surface area contributed by atoms with Crippen LogP contribution in [-0.4, -0.2) is 12.5 Å². The molecule has 3 saturated carbocycles. The Bertz CT molecular complexity index is 709. The first kappa shape index (κ1) is 12.7. The molecule has 22 heavy (non-hydrogen) atoms. The number of carbonyl (C=O) groups is 1. The van der Waals surface area contributed by atoms with Crippen LogP contribution in [0.1, 0.15) is 55.6 Å². The molecule has 2 atom stereocenters. The van der Waals surface area contributed by atoms with Gasteiger partial charge in [0.05, 0.1) is 0 Å². The molecular formula is C19H20N2O. The van der Waals surface area contributed by atoms with E-state index in [1.807, 2.05) is 0 Å². The van der Waals surface area contributed by atoms with Crippen LogP contribution in [0.5, 0.6) is 0 Å². The Morgan fingerprint density at radius 3 is 2.77 bits per heavy atom. The molecule has 3 heteroatoms. The quantitative estimate of drug-likeness (QED) is 0.760. The molecule has 1 aromatic rings. The molecular weight excluding hydrogens is 272 g/mol. The van der Waals surface area contributed by atoms with E-state index in [-0.39, 0.29) is 11.5 Å². The SMILES string of the molecule is [C-]#[N+]C1(c2ccc3c(c2)C2CC2CN3C(=O)C2CC2)CCC1. The third-order valence-corrected chi connectivity index (χ3v) is 6.18. The van der Waals surface area contributed by atoms with Gasteiger partial charge in [-0.2, -0.15) is 0 Å². The zero-order chi connectivity index (χ0) is 14.9. The lowest BCUT2D eigenvalue weighted by molar-refractivity contribution is -0.119. The van der Waals surface area contributed by atoms with Gasteiger partial charge in [-0.25, -0.2) is 6.57 Å². The molecule has 1 amide bonds. The summed E-state index contributed by atoms with van der Waals surface area (Å²) < 4.78 is 0. The van der Waals surface area contributed by atoms with Crippen molar-refractivity contribution in [1.29, 1.82) is 0 Å². The Hall–Kier alpha value is -1.82. The maximum atomic E-state index is 12.6. The monoisotopic (exact) mass is 292 g/mol. The van der Waals surface area contributed by atoms with Crippen molar-refractivity contribution in [2.75, 3.05) is 11.4 Å². The topological polar surface area (TPSA) is 24.7 Å². The van der Waals surface area contributed by atoms with E-state index in [4.69, 9.17) is 6.57 Å². The largest absolute Gasteiger partial charge is 0.312 e. The molecule has 0 bridgehead atoms. The minimum absolute atomic E-state index is 0.262. The first-order valence-electron chi connectivity index (χ1n) is 8.56. The van der Waals surface area contributed by atoms with Crippen LogP contribution in [0.3, 0.4) is 0 Å². The van der Waals surface area contributed by atoms with Gasteiger partial charge < -0.3 is 9.74 Å². The van der Waals surface area contributed by atoms with E-state index < -0.39 is 0 Å². The van der Waals surface area contributed by atoms with Gasteiger partial charge in [-0.15, -0.1) is 0 Å². The van der Waals surface area contributed by atoms with E-state index in [1.54, 1.807) is 0 Å². The Morgan fingerprint density at radius 2 is 2.14 bits per heavy atom. The summed E-state index contributed by atoms with van der Waals surface area (Å²) in [6.45, 7) is 8.50. The maximum absolute atomic E-state index is 12.6. The summed E-state index contributed by atoms with van der Waals surface area (Å²) in [7, 11) is 0. The number of amides is 1. The van der Waals surface area contributed by atoms with Crippen LogP contribution >= 0.6 is 0 Å². The van der Waals surface area contributed by atoms with Crippen molar-refractivity contribution in [3.63, 3.8) is 0 Å². The van der Waals surface area contributed by atoms with Gasteiger partial charge in [-0.1, -0.05) is 0 Å². The van der Waals surface area contributed by atoms with E-state index in [9.17, 15) is 4.79 Å². The van der Waals surface area contributed by atoms with Crippen LogP contribution in [0.25, 0.3) is 4.85 Å². The summed E-state index contributed by atoms with van der Waals surface area (Å²) in [5.74, 6) is 1.92. The van der Waals surface area contributed by atoms with Crippen molar-refractivity contribution in [3.8, 4) is 0 Å². The lowest BCUT2D eigenvalue weighted by atomic mass is 9.72. The van der Waals surface area contributed by atoms with Gasteiger partial charge in [0.25, 0.3) is 5.54 Å². The fraction of sp³-hybridized carbons (Fsp3) is 0.579. The third kappa shape index (κ3) is 1.64. The first-order chi connectivity index (χ1) is 10.7. The van der Waals surface area contributed by atoms with E-state index in [0.717, 1.165) is 44.3 Å². The average molecular weight is 292 g/mol. The maximum Gasteiger partial charge on any atom is 0.257 e. The molecule has 0 spiro atoms. The second kappa shape index (κ2) is 4.13. The van der Waals surface area contributed by atoms with Gasteiger partial charge in [0, 0.05) is 36.6 Å². The van der Waals surface area contributed by atoms with Gasteiger partial charge in [-0.05, 0) is 61.3 Å². The van der Waals surface area contributed by atoms with Crippen LogP contribution in [0.4, 0.5) is 5.69 Å². The normalized spacial score (nSPS) is 30.6. The van der Waals surface area contributed by atoms with Crippen molar-refractivity contribution >= 4 is 11.6 Å². The van der Waals surface area contributed by atoms with Crippen LogP contribution in [-0.2, 0) is 10.3 Å². The predicted molar refractivity (Wildman–Crippen MR) is 84.5 cm³/mol. The van der Waals surface area contributed by atoms with E-state index in [1.165, 1.54) is 17.5 Å². The van der Waals surface area contributed by atoms with E-state index in [2.05, 4.69) is 27.9 Å². The second-order valence-electron chi connectivity index (χ2n) is 7.60. The number of fused-ring (bicyclic) bond motifs is 3. The highest BCUT2D eigenvalue weighted by atomic mass is 16.2. The summed E-state index contributed by atoms with van der Waals surface area (Å²) in [5.41, 5.74) is 3.41. The number of rotatable bonds is 2. The Kier molecular flexibility index (Phi) is 2.38. The first-order valence-corrected chi connectivity index (χ1v) is 8.56. The molecule has 112 valence electrons. The predicted octanol–water partition coefficient (Wildman–Crippen LogP) is 3.85. The Balaban J connectivity index is 1.56. The Labute approximate surface area is 131 Å². The summed E-state index contributed by atoms with van der Waals surface area (Å²) in [6, 6.07) is 6.51. The molecule has 3 fully saturated rings. The number of benzene rings is 1. The molecule has 3 aliphatic carbocycles. The molecule has 4 aliphatic rings. The molecule has 0 radical (unpaired) electrons. The lowest BCUT2D eigenvalue weighted by Gasteiger charge is -2.33. The summed E-state index contributed by atoms with van der Waals surface area (Å²) in [5, 5.41) is 0. The minimum atomic E-state index is -0.262. The van der Waals surface area contributed by atoms with E-state index in [0.29, 0.717) is 17.7 Å². The van der Waals surface area contributed by atoms with Gasteiger partial charge >= 0.3 is 0 Å². The lowest BCUT2D eigenvalue weighted by Crippen LogP contribution is -2.37. The van der Waals surface area contributed by atoms with Crippen molar-refractivity contribution in [1.82, 2.24) is 0 Å². The fourth-order valence-corrected chi connectivity index (χ4v) is 4.29. The number of hydrogen-bond acceptors (Lipinski definition) is 1. The van der Waals surface area contributed by atoms with Crippen LogP contribution in [0, 0.1) is 18.4 Å². The summed E-state index contributed by atoms with van der Waals surface area (Å²) in [4.78, 5) is 18.6. The van der Waals surface area contributed by atoms with Crippen molar-refractivity contribution in [2.45, 2.75) is 50.0 Å². The highest BCUT2D eigenvalue weighted by molar-refractivity contribution is 5.98. The summed E-state index contributed by atoms with van der Waals surface area (Å²) in [6.07, 6.45) is 6.51. The molecule has 0 saturated heterocycles.